The molecule has 0 fully saturated rings. The number of benzene rings is 3. The Balaban J connectivity index is 1.48. The van der Waals surface area contributed by atoms with Crippen LogP contribution >= 0.6 is 23.2 Å². The van der Waals surface area contributed by atoms with Gasteiger partial charge < -0.3 is 9.47 Å². The predicted molar refractivity (Wildman–Crippen MR) is 251 cm³/mol. The summed E-state index contributed by atoms with van der Waals surface area (Å²) in [6, 6.07) is 12.8. The fourth-order valence-electron chi connectivity index (χ4n) is 6.94. The van der Waals surface area contributed by atoms with Crippen LogP contribution in [0, 0.1) is 23.7 Å². The van der Waals surface area contributed by atoms with Crippen LogP contribution in [0.15, 0.2) is 77.3 Å². The second-order valence-electron chi connectivity index (χ2n) is 15.4. The first kappa shape index (κ1) is 48.8. The van der Waals surface area contributed by atoms with Crippen LogP contribution in [0.25, 0.3) is 11.4 Å². The van der Waals surface area contributed by atoms with Crippen molar-refractivity contribution >= 4 is 23.2 Å². The summed E-state index contributed by atoms with van der Waals surface area (Å²) in [6.45, 7) is 5.30. The summed E-state index contributed by atoms with van der Waals surface area (Å²) in [7, 11) is 0. The van der Waals surface area contributed by atoms with Crippen LogP contribution in [0.2, 0.25) is 10.0 Å². The number of ether oxygens (including phenoxy) is 2. The molecule has 0 aliphatic carbocycles. The Morgan fingerprint density at radius 3 is 1.11 bits per heavy atom. The zero-order chi connectivity index (χ0) is 45.8. The molecule has 5 aromatic rings. The molecule has 338 valence electrons. The first-order valence-electron chi connectivity index (χ1n) is 22.0. The number of hydrogen-bond donors (Lipinski definition) is 4. The predicted octanol–water partition coefficient (Wildman–Crippen LogP) is 7.89. The zero-order valence-electron chi connectivity index (χ0n) is 36.3. The highest BCUT2D eigenvalue weighted by molar-refractivity contribution is 6.32. The van der Waals surface area contributed by atoms with Crippen molar-refractivity contribution in [3.8, 4) is 46.6 Å². The summed E-state index contributed by atoms with van der Waals surface area (Å²) in [4.78, 5) is 81.1. The van der Waals surface area contributed by atoms with E-state index < -0.39 is 34.1 Å². The van der Waals surface area contributed by atoms with Gasteiger partial charge in [0.1, 0.15) is 11.5 Å². The van der Waals surface area contributed by atoms with Gasteiger partial charge >= 0.3 is 34.1 Å². The Hall–Kier alpha value is -6.22. The number of hydrogen-bond acceptors (Lipinski definition) is 8. The third-order valence-corrected chi connectivity index (χ3v) is 11.0. The van der Waals surface area contributed by atoms with E-state index in [-0.39, 0.29) is 21.4 Å². The van der Waals surface area contributed by atoms with Gasteiger partial charge in [-0.2, -0.15) is 0 Å². The fraction of sp³-hybridized carbons (Fsp3) is 0.417. The minimum absolute atomic E-state index is 0.0586. The molecule has 0 spiro atoms. The molecule has 5 rings (SSSR count). The highest BCUT2D eigenvalue weighted by atomic mass is 35.5. The monoisotopic (exact) mass is 912 g/mol. The minimum atomic E-state index is -0.935. The van der Waals surface area contributed by atoms with Crippen LogP contribution < -0.4 is 43.6 Å². The van der Waals surface area contributed by atoms with Crippen molar-refractivity contribution in [2.75, 3.05) is 13.2 Å². The van der Waals surface area contributed by atoms with E-state index in [4.69, 9.17) is 32.7 Å². The summed E-state index contributed by atoms with van der Waals surface area (Å²) < 4.78 is 14.3. The van der Waals surface area contributed by atoms with Gasteiger partial charge in [-0.3, -0.25) is 19.9 Å². The Bertz CT molecular complexity index is 2600. The van der Waals surface area contributed by atoms with Gasteiger partial charge in [0.25, 0.3) is 0 Å². The van der Waals surface area contributed by atoms with Gasteiger partial charge in [0.2, 0.25) is 0 Å². The van der Waals surface area contributed by atoms with Gasteiger partial charge in [-0.1, -0.05) is 151 Å². The van der Waals surface area contributed by atoms with Gasteiger partial charge in [0.05, 0.1) is 45.8 Å². The van der Waals surface area contributed by atoms with E-state index in [1.807, 2.05) is 19.9 Å². The molecule has 0 bridgehead atoms. The van der Waals surface area contributed by atoms with Gasteiger partial charge in [-0.15, -0.1) is 0 Å². The number of unbranched alkanes of at least 4 members (excludes halogenated alkanes) is 14. The van der Waals surface area contributed by atoms with E-state index in [2.05, 4.69) is 37.5 Å². The molecule has 14 nitrogen and oxygen atoms in total. The Kier molecular flexibility index (Phi) is 19.2. The van der Waals surface area contributed by atoms with Crippen molar-refractivity contribution in [3.05, 3.63) is 144 Å². The molecule has 0 amide bonds. The third kappa shape index (κ3) is 14.4. The molecule has 2 heterocycles. The lowest BCUT2D eigenvalue weighted by Crippen LogP contribution is -2.42. The number of nitrogens with zero attached hydrogens (tertiary/aromatic N) is 2. The molecule has 0 atom stereocenters. The van der Waals surface area contributed by atoms with Crippen molar-refractivity contribution in [1.29, 1.82) is 0 Å². The second kappa shape index (κ2) is 25.2. The van der Waals surface area contributed by atoms with Gasteiger partial charge in [-0.05, 0) is 49.2 Å². The fourth-order valence-corrected chi connectivity index (χ4v) is 7.47. The molecule has 2 aromatic heterocycles. The SMILES string of the molecule is CCCCCCCCCCOc1cc(C#Cc2ccc(-n3c(=O)[nH]c(=O)[nH]c3=O)c(Cl)c2)c(OCCCCCCCCCC)cc1C#Cc1ccc(-n2c(=O)[nH]c(=O)[nH]c2=O)c(Cl)c1. The average molecular weight is 914 g/mol. The first-order valence-corrected chi connectivity index (χ1v) is 22.7. The molecule has 0 aliphatic rings. The zero-order valence-corrected chi connectivity index (χ0v) is 37.8. The molecule has 0 saturated carbocycles. The van der Waals surface area contributed by atoms with Crippen LogP contribution in [0.4, 0.5) is 0 Å². The summed E-state index contributed by atoms with van der Waals surface area (Å²) in [5.74, 6) is 13.6. The van der Waals surface area contributed by atoms with E-state index >= 15 is 0 Å². The standard InChI is InChI=1S/C48H54Cl2N6O8/c1-3-5-7-9-11-13-15-17-27-63-41-31-36(24-20-34-22-26-40(38(50)30-34)56-47(61)53-44(58)54-48(56)62)42(64-28-18-16-14-12-10-8-6-4-2)32-35(41)23-19-33-21-25-39(37(49)29-33)55-45(59)51-43(57)52-46(55)60/h21-22,25-26,29-32H,3-18,27-28H2,1-2H3,(H2,51,52,57,59,60)(H2,53,54,58,61,62). The van der Waals surface area contributed by atoms with Gasteiger partial charge in [0, 0.05) is 23.3 Å². The quantitative estimate of drug-likeness (QED) is 0.0398. The highest BCUT2D eigenvalue weighted by Gasteiger charge is 2.14. The molecule has 3 aromatic carbocycles. The van der Waals surface area contributed by atoms with Crippen LogP contribution in [-0.2, 0) is 0 Å². The number of H-pyrrole nitrogens is 4. The number of nitrogens with one attached hydrogen (secondary N) is 4. The van der Waals surface area contributed by atoms with Gasteiger partial charge in [-0.25, -0.2) is 37.9 Å². The van der Waals surface area contributed by atoms with Crippen molar-refractivity contribution in [3.63, 3.8) is 0 Å². The van der Waals surface area contributed by atoms with Crippen molar-refractivity contribution < 1.29 is 9.47 Å². The number of rotatable bonds is 22. The molecule has 0 saturated heterocycles. The maximum absolute atomic E-state index is 12.4. The maximum Gasteiger partial charge on any atom is 0.338 e. The molecule has 4 N–H and O–H groups in total. The molecule has 16 heteroatoms. The third-order valence-electron chi connectivity index (χ3n) is 10.3. The van der Waals surface area contributed by atoms with Crippen molar-refractivity contribution in [1.82, 2.24) is 29.1 Å². The number of halogens is 2. The van der Waals surface area contributed by atoms with Crippen molar-refractivity contribution in [2.45, 2.75) is 117 Å². The Morgan fingerprint density at radius 2 is 0.781 bits per heavy atom. The Labute approximate surface area is 380 Å². The molecule has 64 heavy (non-hydrogen) atoms. The molecular weight excluding hydrogens is 859 g/mol. The highest BCUT2D eigenvalue weighted by Crippen LogP contribution is 2.30. The Morgan fingerprint density at radius 1 is 0.453 bits per heavy atom. The molecular formula is C48H54Cl2N6O8. The van der Waals surface area contributed by atoms with Crippen LogP contribution in [0.5, 0.6) is 11.5 Å². The van der Waals surface area contributed by atoms with E-state index in [9.17, 15) is 28.8 Å². The van der Waals surface area contributed by atoms with E-state index in [1.54, 1.807) is 24.3 Å². The summed E-state index contributed by atoms with van der Waals surface area (Å²) >= 11 is 13.1. The molecule has 0 aliphatic heterocycles. The summed E-state index contributed by atoms with van der Waals surface area (Å²) in [5.41, 5.74) is -3.43. The van der Waals surface area contributed by atoms with E-state index in [0.29, 0.717) is 47.0 Å². The average Bonchev–Trinajstić information content (AvgIpc) is 3.25. The molecule has 0 radical (unpaired) electrons. The van der Waals surface area contributed by atoms with Gasteiger partial charge in [0.15, 0.2) is 0 Å². The maximum atomic E-state index is 12.4. The van der Waals surface area contributed by atoms with Crippen LogP contribution in [0.3, 0.4) is 0 Å². The second-order valence-corrected chi connectivity index (χ2v) is 16.2. The normalized spacial score (nSPS) is 10.8. The molecule has 0 unspecified atom stereocenters. The smallest absolute Gasteiger partial charge is 0.338 e. The summed E-state index contributed by atoms with van der Waals surface area (Å²) in [6.07, 6.45) is 18.1. The van der Waals surface area contributed by atoms with Crippen LogP contribution in [0.1, 0.15) is 139 Å². The van der Waals surface area contributed by atoms with E-state index in [1.165, 1.54) is 88.5 Å². The lowest BCUT2D eigenvalue weighted by atomic mass is 10.1. The minimum Gasteiger partial charge on any atom is -0.492 e. The topological polar surface area (TPSA) is 194 Å². The lowest BCUT2D eigenvalue weighted by molar-refractivity contribution is 0.295. The first-order chi connectivity index (χ1) is 31.0. The number of aromatic nitrogens is 6. The van der Waals surface area contributed by atoms with Crippen LogP contribution in [-0.4, -0.2) is 42.3 Å². The van der Waals surface area contributed by atoms with E-state index in [0.717, 1.165) is 47.7 Å². The lowest BCUT2D eigenvalue weighted by Gasteiger charge is -2.14. The number of aromatic amines is 4. The largest absolute Gasteiger partial charge is 0.492 e. The van der Waals surface area contributed by atoms with Crippen molar-refractivity contribution in [2.24, 2.45) is 0 Å². The summed E-state index contributed by atoms with van der Waals surface area (Å²) in [5, 5.41) is 0.117.